The van der Waals surface area contributed by atoms with Gasteiger partial charge in [0, 0.05) is 33.1 Å². The Morgan fingerprint density at radius 2 is 2.12 bits per heavy atom. The summed E-state index contributed by atoms with van der Waals surface area (Å²) in [6, 6.07) is 0.646. The van der Waals surface area contributed by atoms with Gasteiger partial charge in [-0.25, -0.2) is 0 Å². The van der Waals surface area contributed by atoms with E-state index in [1.165, 1.54) is 12.8 Å². The molecule has 0 aliphatic carbocycles. The van der Waals surface area contributed by atoms with E-state index in [9.17, 15) is 4.79 Å². The molecule has 100 valence electrons. The SMILES string of the molecule is CC1CCC(CN)CN1CCCC(=O)N(C)C. The summed E-state index contributed by atoms with van der Waals surface area (Å²) in [5.74, 6) is 0.876. The Hall–Kier alpha value is -0.610. The fourth-order valence-electron chi connectivity index (χ4n) is 2.42. The number of piperidine rings is 1. The largest absolute Gasteiger partial charge is 0.349 e. The van der Waals surface area contributed by atoms with Gasteiger partial charge in [-0.3, -0.25) is 4.79 Å². The Morgan fingerprint density at radius 3 is 2.71 bits per heavy atom. The first kappa shape index (κ1) is 14.5. The highest BCUT2D eigenvalue weighted by atomic mass is 16.2. The van der Waals surface area contributed by atoms with Crippen LogP contribution in [-0.4, -0.2) is 55.5 Å². The Balaban J connectivity index is 2.27. The second-order valence-electron chi connectivity index (χ2n) is 5.41. The van der Waals surface area contributed by atoms with Crippen molar-refractivity contribution in [3.8, 4) is 0 Å². The van der Waals surface area contributed by atoms with Gasteiger partial charge in [0.2, 0.25) is 5.91 Å². The highest BCUT2D eigenvalue weighted by molar-refractivity contribution is 5.75. The van der Waals surface area contributed by atoms with Crippen LogP contribution in [0.4, 0.5) is 0 Å². The molecule has 1 aliphatic heterocycles. The lowest BCUT2D eigenvalue weighted by molar-refractivity contribution is -0.128. The molecule has 0 aromatic rings. The summed E-state index contributed by atoms with van der Waals surface area (Å²) in [6.07, 6.45) is 4.11. The van der Waals surface area contributed by atoms with E-state index in [0.717, 1.165) is 26.1 Å². The van der Waals surface area contributed by atoms with E-state index >= 15 is 0 Å². The molecule has 1 fully saturated rings. The summed E-state index contributed by atoms with van der Waals surface area (Å²) in [4.78, 5) is 15.6. The maximum absolute atomic E-state index is 11.5. The van der Waals surface area contributed by atoms with Gasteiger partial charge in [-0.1, -0.05) is 0 Å². The van der Waals surface area contributed by atoms with Gasteiger partial charge in [0.05, 0.1) is 0 Å². The molecule has 2 atom stereocenters. The second-order valence-corrected chi connectivity index (χ2v) is 5.41. The highest BCUT2D eigenvalue weighted by Gasteiger charge is 2.24. The summed E-state index contributed by atoms with van der Waals surface area (Å²) < 4.78 is 0. The van der Waals surface area contributed by atoms with Crippen molar-refractivity contribution in [1.82, 2.24) is 9.80 Å². The van der Waals surface area contributed by atoms with Crippen molar-refractivity contribution in [3.05, 3.63) is 0 Å². The van der Waals surface area contributed by atoms with E-state index in [1.807, 2.05) is 14.1 Å². The third-order valence-electron chi connectivity index (χ3n) is 3.78. The molecule has 1 aliphatic rings. The van der Waals surface area contributed by atoms with Gasteiger partial charge in [-0.2, -0.15) is 0 Å². The van der Waals surface area contributed by atoms with Crippen LogP contribution in [0.25, 0.3) is 0 Å². The molecule has 1 amide bonds. The second kappa shape index (κ2) is 6.97. The molecule has 2 N–H and O–H groups in total. The number of nitrogens with zero attached hydrogens (tertiary/aromatic N) is 2. The number of carbonyl (C=O) groups is 1. The number of nitrogens with two attached hydrogens (primary N) is 1. The third-order valence-corrected chi connectivity index (χ3v) is 3.78. The molecule has 0 bridgehead atoms. The van der Waals surface area contributed by atoms with Crippen LogP contribution in [0, 0.1) is 5.92 Å². The van der Waals surface area contributed by atoms with Crippen molar-refractivity contribution in [2.75, 3.05) is 33.7 Å². The van der Waals surface area contributed by atoms with Gasteiger partial charge in [0.15, 0.2) is 0 Å². The summed E-state index contributed by atoms with van der Waals surface area (Å²) in [7, 11) is 3.63. The predicted molar refractivity (Wildman–Crippen MR) is 70.7 cm³/mol. The van der Waals surface area contributed by atoms with E-state index in [0.29, 0.717) is 18.4 Å². The Morgan fingerprint density at radius 1 is 1.41 bits per heavy atom. The average Bonchev–Trinajstić information content (AvgIpc) is 2.31. The molecule has 1 rings (SSSR count). The van der Waals surface area contributed by atoms with E-state index in [4.69, 9.17) is 5.73 Å². The molecule has 17 heavy (non-hydrogen) atoms. The van der Waals surface area contributed by atoms with Crippen LogP contribution in [0.1, 0.15) is 32.6 Å². The van der Waals surface area contributed by atoms with Crippen molar-refractivity contribution in [3.63, 3.8) is 0 Å². The summed E-state index contributed by atoms with van der Waals surface area (Å²) in [5.41, 5.74) is 5.74. The molecule has 2 unspecified atom stereocenters. The quantitative estimate of drug-likeness (QED) is 0.778. The Bertz CT molecular complexity index is 243. The lowest BCUT2D eigenvalue weighted by Gasteiger charge is -2.37. The maximum Gasteiger partial charge on any atom is 0.222 e. The molecule has 4 heteroatoms. The minimum absolute atomic E-state index is 0.227. The zero-order chi connectivity index (χ0) is 12.8. The Kier molecular flexibility index (Phi) is 5.92. The molecule has 1 saturated heterocycles. The summed E-state index contributed by atoms with van der Waals surface area (Å²) >= 11 is 0. The third kappa shape index (κ3) is 4.64. The minimum atomic E-state index is 0.227. The van der Waals surface area contributed by atoms with Crippen molar-refractivity contribution in [2.24, 2.45) is 11.7 Å². The van der Waals surface area contributed by atoms with E-state index in [-0.39, 0.29) is 5.91 Å². The molecule has 0 aromatic heterocycles. The first-order valence-electron chi connectivity index (χ1n) is 6.68. The van der Waals surface area contributed by atoms with Crippen LogP contribution in [0.5, 0.6) is 0 Å². The van der Waals surface area contributed by atoms with Gasteiger partial charge in [0.25, 0.3) is 0 Å². The topological polar surface area (TPSA) is 49.6 Å². The number of hydrogen-bond acceptors (Lipinski definition) is 3. The van der Waals surface area contributed by atoms with Gasteiger partial charge in [-0.05, 0) is 45.2 Å². The van der Waals surface area contributed by atoms with E-state index in [1.54, 1.807) is 4.90 Å². The molecule has 0 saturated carbocycles. The summed E-state index contributed by atoms with van der Waals surface area (Å²) in [6.45, 7) is 5.20. The van der Waals surface area contributed by atoms with Crippen LogP contribution in [0.15, 0.2) is 0 Å². The monoisotopic (exact) mass is 241 g/mol. The maximum atomic E-state index is 11.5. The van der Waals surface area contributed by atoms with Gasteiger partial charge >= 0.3 is 0 Å². The molecular weight excluding hydrogens is 214 g/mol. The number of carbonyl (C=O) groups excluding carboxylic acids is 1. The van der Waals surface area contributed by atoms with Crippen LogP contribution in [0.2, 0.25) is 0 Å². The van der Waals surface area contributed by atoms with Crippen molar-refractivity contribution in [2.45, 2.75) is 38.6 Å². The molecule has 4 nitrogen and oxygen atoms in total. The van der Waals surface area contributed by atoms with Gasteiger partial charge in [0.1, 0.15) is 0 Å². The van der Waals surface area contributed by atoms with Gasteiger partial charge < -0.3 is 15.5 Å². The molecule has 1 heterocycles. The van der Waals surface area contributed by atoms with Crippen molar-refractivity contribution in [1.29, 1.82) is 0 Å². The molecule has 0 aromatic carbocycles. The zero-order valence-electron chi connectivity index (χ0n) is 11.5. The summed E-state index contributed by atoms with van der Waals surface area (Å²) in [5, 5.41) is 0. The van der Waals surface area contributed by atoms with Crippen LogP contribution in [0.3, 0.4) is 0 Å². The lowest BCUT2D eigenvalue weighted by atomic mass is 9.93. The van der Waals surface area contributed by atoms with E-state index < -0.39 is 0 Å². The van der Waals surface area contributed by atoms with Crippen molar-refractivity contribution >= 4 is 5.91 Å². The first-order valence-corrected chi connectivity index (χ1v) is 6.68. The van der Waals surface area contributed by atoms with Crippen molar-refractivity contribution < 1.29 is 4.79 Å². The standard InChI is InChI=1S/C13H27N3O/c1-11-6-7-12(9-14)10-16(11)8-4-5-13(17)15(2)3/h11-12H,4-10,14H2,1-3H3. The fraction of sp³-hybridized carbons (Fsp3) is 0.923. The number of amides is 1. The first-order chi connectivity index (χ1) is 8.04. The van der Waals surface area contributed by atoms with Crippen LogP contribution in [-0.2, 0) is 4.79 Å². The molecule has 0 radical (unpaired) electrons. The Labute approximate surface area is 105 Å². The average molecular weight is 241 g/mol. The number of likely N-dealkylation sites (tertiary alicyclic amines) is 1. The number of rotatable bonds is 5. The highest BCUT2D eigenvalue weighted by Crippen LogP contribution is 2.21. The van der Waals surface area contributed by atoms with E-state index in [2.05, 4.69) is 11.8 Å². The van der Waals surface area contributed by atoms with Gasteiger partial charge in [-0.15, -0.1) is 0 Å². The molecule has 0 spiro atoms. The predicted octanol–water partition coefficient (Wildman–Crippen LogP) is 0.914. The smallest absolute Gasteiger partial charge is 0.222 e. The number of hydrogen-bond donors (Lipinski definition) is 1. The van der Waals surface area contributed by atoms with Crippen LogP contribution < -0.4 is 5.73 Å². The lowest BCUT2D eigenvalue weighted by Crippen LogP contribution is -2.44. The molecular formula is C13H27N3O. The fourth-order valence-corrected chi connectivity index (χ4v) is 2.42. The normalized spacial score (nSPS) is 25.9. The zero-order valence-corrected chi connectivity index (χ0v) is 11.5. The minimum Gasteiger partial charge on any atom is -0.349 e. The van der Waals surface area contributed by atoms with Crippen LogP contribution >= 0.6 is 0 Å².